The molecule has 7 heteroatoms. The van der Waals surface area contributed by atoms with Gasteiger partial charge in [-0.1, -0.05) is 0 Å². The van der Waals surface area contributed by atoms with E-state index in [4.69, 9.17) is 0 Å². The second kappa shape index (κ2) is 8.24. The van der Waals surface area contributed by atoms with Crippen LogP contribution in [0.15, 0.2) is 96.6 Å². The third-order valence-electron chi connectivity index (χ3n) is 6.16. The van der Waals surface area contributed by atoms with Gasteiger partial charge in [0.2, 0.25) is 0 Å². The van der Waals surface area contributed by atoms with Crippen LogP contribution in [0.5, 0.6) is 0 Å². The quantitative estimate of drug-likeness (QED) is 0.193. The molecule has 0 spiro atoms. The molecule has 6 rings (SSSR count). The molecule has 4 amide bonds. The first-order chi connectivity index (χ1) is 17.0. The summed E-state index contributed by atoms with van der Waals surface area (Å²) >= 11 is -0.143. The minimum absolute atomic E-state index is 0.0130. The number of aromatic nitrogens is 1. The van der Waals surface area contributed by atoms with Crippen molar-refractivity contribution in [3.8, 4) is 4.56 Å². The zero-order valence-electron chi connectivity index (χ0n) is 18.7. The molecule has 3 heterocycles. The normalized spacial score (nSPS) is 15.7. The summed E-state index contributed by atoms with van der Waals surface area (Å²) in [5, 5.41) is 2.37. The zero-order chi connectivity index (χ0) is 24.1. The third kappa shape index (κ3) is 3.36. The van der Waals surface area contributed by atoms with Crippen molar-refractivity contribution in [2.45, 2.75) is 0 Å². The number of nitrogens with zero attached hydrogens (tertiary/aromatic N) is 3. The van der Waals surface area contributed by atoms with Crippen LogP contribution >= 0.6 is 0 Å². The Morgan fingerprint density at radius 2 is 1.29 bits per heavy atom. The molecular formula is C28H19N3O3Se. The molecule has 0 radical (unpaired) electrons. The molecule has 0 saturated carbocycles. The molecule has 170 valence electrons. The molecule has 2 aromatic heterocycles. The number of amides is 4. The fraction of sp³-hybridized carbons (Fsp3) is 0.0357. The number of hydrogen-bond acceptors (Lipinski definition) is 3. The number of fused-ring (bicyclic) bond motifs is 3. The number of likely N-dealkylation sites (N-methyl/N-ethyl adjacent to an activating group) is 1. The molecule has 1 saturated heterocycles. The first kappa shape index (κ1) is 21.3. The van der Waals surface area contributed by atoms with Gasteiger partial charge in [0.15, 0.2) is 0 Å². The summed E-state index contributed by atoms with van der Waals surface area (Å²) in [4.78, 5) is 41.0. The van der Waals surface area contributed by atoms with Gasteiger partial charge in [0.25, 0.3) is 0 Å². The molecule has 6 nitrogen and oxygen atoms in total. The average Bonchev–Trinajstić information content (AvgIpc) is 3.48. The molecule has 0 aliphatic carbocycles. The van der Waals surface area contributed by atoms with Crippen LogP contribution in [0.3, 0.4) is 0 Å². The molecular weight excluding hydrogens is 505 g/mol. The average molecular weight is 524 g/mol. The van der Waals surface area contributed by atoms with E-state index in [0.29, 0.717) is 5.69 Å². The Labute approximate surface area is 207 Å². The Bertz CT molecular complexity index is 1630. The molecule has 0 unspecified atom stereocenters. The maximum absolute atomic E-state index is 13.3. The molecule has 35 heavy (non-hydrogen) atoms. The summed E-state index contributed by atoms with van der Waals surface area (Å²) in [6.45, 7) is 0. The van der Waals surface area contributed by atoms with Crippen LogP contribution in [0.4, 0.5) is 10.5 Å². The number of carbonyl (C=O) groups is 3. The van der Waals surface area contributed by atoms with Crippen LogP contribution < -0.4 is 4.90 Å². The van der Waals surface area contributed by atoms with Crippen molar-refractivity contribution in [3.05, 3.63) is 101 Å². The van der Waals surface area contributed by atoms with Gasteiger partial charge < -0.3 is 0 Å². The van der Waals surface area contributed by atoms with Gasteiger partial charge in [0.05, 0.1) is 0 Å². The number of urea groups is 1. The summed E-state index contributed by atoms with van der Waals surface area (Å²) in [6.07, 6.45) is 1.64. The van der Waals surface area contributed by atoms with Crippen LogP contribution in [0.2, 0.25) is 0 Å². The predicted octanol–water partition coefficient (Wildman–Crippen LogP) is 4.85. The Morgan fingerprint density at radius 3 is 1.94 bits per heavy atom. The van der Waals surface area contributed by atoms with Crippen molar-refractivity contribution in [2.24, 2.45) is 0 Å². The number of imide groups is 2. The van der Waals surface area contributed by atoms with Gasteiger partial charge in [-0.15, -0.1) is 0 Å². The van der Waals surface area contributed by atoms with Crippen molar-refractivity contribution >= 4 is 65.9 Å². The van der Waals surface area contributed by atoms with E-state index in [-0.39, 0.29) is 20.1 Å². The van der Waals surface area contributed by atoms with Crippen LogP contribution in [0, 0.1) is 0 Å². The Kier molecular flexibility index (Phi) is 5.02. The number of hydrogen-bond donors (Lipinski definition) is 0. The molecule has 1 aliphatic heterocycles. The molecule has 3 aromatic carbocycles. The number of benzene rings is 3. The van der Waals surface area contributed by atoms with Gasteiger partial charge in [0, 0.05) is 0 Å². The Morgan fingerprint density at radius 1 is 0.686 bits per heavy atom. The van der Waals surface area contributed by atoms with Gasteiger partial charge in [-0.3, -0.25) is 0 Å². The first-order valence-electron chi connectivity index (χ1n) is 11.1. The molecule has 1 fully saturated rings. The van der Waals surface area contributed by atoms with Crippen molar-refractivity contribution in [3.63, 3.8) is 0 Å². The number of anilines is 1. The van der Waals surface area contributed by atoms with Gasteiger partial charge in [0.1, 0.15) is 0 Å². The summed E-state index contributed by atoms with van der Waals surface area (Å²) in [7, 11) is 1.40. The SMILES string of the molecule is CN1C(=O)/C(=C\c2ccc(-n3c4ccccc4c4ccccc43)[se]2)C(=O)N(c2ccccc2)C1=O. The number of para-hydroxylation sites is 3. The van der Waals surface area contributed by atoms with Gasteiger partial charge in [-0.25, -0.2) is 0 Å². The second-order valence-corrected chi connectivity index (χ2v) is 10.5. The summed E-state index contributed by atoms with van der Waals surface area (Å²) in [5.41, 5.74) is 2.66. The fourth-order valence-electron chi connectivity index (χ4n) is 4.49. The molecule has 5 aromatic rings. The van der Waals surface area contributed by atoms with E-state index >= 15 is 0 Å². The topological polar surface area (TPSA) is 62.6 Å². The van der Waals surface area contributed by atoms with Crippen molar-refractivity contribution in [1.29, 1.82) is 0 Å². The van der Waals surface area contributed by atoms with E-state index < -0.39 is 17.8 Å². The van der Waals surface area contributed by atoms with Crippen LogP contribution in [0.25, 0.3) is 32.4 Å². The maximum atomic E-state index is 13.3. The Balaban J connectivity index is 1.45. The summed E-state index contributed by atoms with van der Waals surface area (Å²) < 4.78 is 4.26. The zero-order valence-corrected chi connectivity index (χ0v) is 20.4. The minimum atomic E-state index is -0.654. The predicted molar refractivity (Wildman–Crippen MR) is 138 cm³/mol. The third-order valence-corrected chi connectivity index (χ3v) is 8.30. The molecule has 0 atom stereocenters. The van der Waals surface area contributed by atoms with E-state index in [9.17, 15) is 14.4 Å². The second-order valence-electron chi connectivity index (χ2n) is 8.23. The van der Waals surface area contributed by atoms with E-state index in [1.54, 1.807) is 30.3 Å². The summed E-state index contributed by atoms with van der Waals surface area (Å²) in [5.74, 6) is -1.19. The van der Waals surface area contributed by atoms with E-state index in [1.165, 1.54) is 17.8 Å². The van der Waals surface area contributed by atoms with E-state index in [2.05, 4.69) is 28.8 Å². The first-order valence-corrected chi connectivity index (χ1v) is 12.8. The van der Waals surface area contributed by atoms with Gasteiger partial charge in [-0.2, -0.15) is 0 Å². The van der Waals surface area contributed by atoms with E-state index in [0.717, 1.165) is 29.8 Å². The summed E-state index contributed by atoms with van der Waals surface area (Å²) in [6, 6.07) is 28.6. The van der Waals surface area contributed by atoms with Crippen LogP contribution in [0.1, 0.15) is 4.44 Å². The van der Waals surface area contributed by atoms with Crippen LogP contribution in [-0.4, -0.2) is 48.9 Å². The molecule has 0 N–H and O–H groups in total. The van der Waals surface area contributed by atoms with Crippen molar-refractivity contribution in [1.82, 2.24) is 9.47 Å². The van der Waals surface area contributed by atoms with Crippen LogP contribution in [-0.2, 0) is 9.59 Å². The number of carbonyl (C=O) groups excluding carboxylic acids is 3. The monoisotopic (exact) mass is 525 g/mol. The van der Waals surface area contributed by atoms with E-state index in [1.807, 2.05) is 42.5 Å². The standard InChI is InChI=1S/C28H19N3O3Se/c1-29-26(32)22(27(33)30(28(29)34)18-9-3-2-4-10-18)17-19-15-16-25(35-19)31-23-13-7-5-11-20(23)21-12-6-8-14-24(21)31/h2-17H,1H3/b22-17+. The Hall–Kier alpha value is -4.19. The number of rotatable bonds is 3. The van der Waals surface area contributed by atoms with Crippen molar-refractivity contribution in [2.75, 3.05) is 11.9 Å². The van der Waals surface area contributed by atoms with Crippen molar-refractivity contribution < 1.29 is 14.4 Å². The molecule has 0 bridgehead atoms. The molecule has 1 aliphatic rings. The number of barbiturate groups is 1. The van der Waals surface area contributed by atoms with Gasteiger partial charge in [-0.05, 0) is 0 Å². The van der Waals surface area contributed by atoms with Gasteiger partial charge >= 0.3 is 207 Å². The fourth-order valence-corrected chi connectivity index (χ4v) is 6.54.